The van der Waals surface area contributed by atoms with Crippen LogP contribution >= 0.6 is 23.2 Å². The number of para-hydroxylation sites is 1. The summed E-state index contributed by atoms with van der Waals surface area (Å²) in [5.74, 6) is -0.780. The third-order valence-corrected chi connectivity index (χ3v) is 5.92. The van der Waals surface area contributed by atoms with Crippen molar-refractivity contribution in [1.82, 2.24) is 0 Å². The molecule has 0 fully saturated rings. The largest absolute Gasteiger partial charge is 0.337 e. The molecule has 0 saturated heterocycles. The first-order valence-corrected chi connectivity index (χ1v) is 10.7. The van der Waals surface area contributed by atoms with Crippen LogP contribution in [0.25, 0.3) is 5.57 Å². The molecular weight excluding hydrogens is 431 g/mol. The summed E-state index contributed by atoms with van der Waals surface area (Å²) in [7, 11) is 0. The average Bonchev–Trinajstić information content (AvgIpc) is 3.02. The molecule has 0 bridgehead atoms. The number of carbonyl (C=O) groups is 2. The van der Waals surface area contributed by atoms with E-state index in [1.54, 1.807) is 42.5 Å². The van der Waals surface area contributed by atoms with Gasteiger partial charge in [-0.3, -0.25) is 9.59 Å². The van der Waals surface area contributed by atoms with Crippen LogP contribution in [0.4, 0.5) is 11.4 Å². The zero-order valence-corrected chi connectivity index (χ0v) is 18.6. The first-order chi connectivity index (χ1) is 14.9. The van der Waals surface area contributed by atoms with E-state index in [-0.39, 0.29) is 5.91 Å². The number of carbonyl (C=O) groups excluding carboxylic acids is 2. The molecule has 31 heavy (non-hydrogen) atoms. The zero-order chi connectivity index (χ0) is 22.1. The van der Waals surface area contributed by atoms with E-state index in [0.29, 0.717) is 39.1 Å². The van der Waals surface area contributed by atoms with Crippen LogP contribution in [0.3, 0.4) is 0 Å². The Balaban J connectivity index is 1.91. The van der Waals surface area contributed by atoms with Crippen molar-refractivity contribution in [2.24, 2.45) is 0 Å². The Morgan fingerprint density at radius 1 is 0.871 bits per heavy atom. The van der Waals surface area contributed by atoms with Crippen molar-refractivity contribution in [3.8, 4) is 0 Å². The van der Waals surface area contributed by atoms with Gasteiger partial charge in [0.2, 0.25) is 0 Å². The predicted molar refractivity (Wildman–Crippen MR) is 127 cm³/mol. The second-order valence-electron chi connectivity index (χ2n) is 7.19. The molecule has 1 aliphatic heterocycles. The minimum atomic E-state index is -0.392. The summed E-state index contributed by atoms with van der Waals surface area (Å²) in [5.41, 5.74) is 3.44. The molecule has 0 aliphatic carbocycles. The second-order valence-corrected chi connectivity index (χ2v) is 8.03. The van der Waals surface area contributed by atoms with Gasteiger partial charge in [0, 0.05) is 22.3 Å². The van der Waals surface area contributed by atoms with Crippen molar-refractivity contribution in [2.75, 3.05) is 16.3 Å². The summed E-state index contributed by atoms with van der Waals surface area (Å²) in [5, 5.41) is 1.05. The molecule has 4 nitrogen and oxygen atoms in total. The Morgan fingerprint density at radius 2 is 1.55 bits per heavy atom. The van der Waals surface area contributed by atoms with Gasteiger partial charge in [-0.25, -0.2) is 4.90 Å². The third-order valence-electron chi connectivity index (χ3n) is 5.26. The number of hydrogen-bond donors (Lipinski definition) is 0. The lowest BCUT2D eigenvalue weighted by Gasteiger charge is -2.25. The van der Waals surface area contributed by atoms with E-state index in [9.17, 15) is 9.59 Å². The molecule has 1 aliphatic rings. The minimum Gasteiger partial charge on any atom is -0.337 e. The van der Waals surface area contributed by atoms with Crippen LogP contribution in [0.2, 0.25) is 10.0 Å². The number of amides is 2. The third kappa shape index (κ3) is 3.85. The van der Waals surface area contributed by atoms with E-state index in [0.717, 1.165) is 11.3 Å². The molecule has 0 saturated carbocycles. The number of imide groups is 1. The summed E-state index contributed by atoms with van der Waals surface area (Å²) in [6.07, 6.45) is 0. The Kier molecular flexibility index (Phi) is 5.86. The number of nitrogens with zero attached hydrogens (tertiary/aromatic N) is 2. The van der Waals surface area contributed by atoms with Gasteiger partial charge in [0.05, 0.1) is 11.3 Å². The quantitative estimate of drug-likeness (QED) is 0.440. The first-order valence-electron chi connectivity index (χ1n) is 9.90. The van der Waals surface area contributed by atoms with Crippen LogP contribution < -0.4 is 9.80 Å². The molecule has 0 radical (unpaired) electrons. The molecule has 3 aromatic rings. The van der Waals surface area contributed by atoms with Crippen molar-refractivity contribution in [2.45, 2.75) is 13.8 Å². The fourth-order valence-corrected chi connectivity index (χ4v) is 3.98. The number of rotatable bonds is 5. The van der Waals surface area contributed by atoms with Gasteiger partial charge in [-0.05, 0) is 61.4 Å². The SMILES string of the molecule is CCN(C1=C(c2ccc(Cl)cc2)C(=O)N(c2ccc(C)c(Cl)c2)C1=O)c1ccccc1. The Bertz CT molecular complexity index is 1190. The molecule has 0 spiro atoms. The Labute approximate surface area is 191 Å². The van der Waals surface area contributed by atoms with Crippen molar-refractivity contribution >= 4 is 52.0 Å². The van der Waals surface area contributed by atoms with Gasteiger partial charge in [0.15, 0.2) is 0 Å². The van der Waals surface area contributed by atoms with Gasteiger partial charge in [-0.1, -0.05) is 59.6 Å². The van der Waals surface area contributed by atoms with E-state index in [2.05, 4.69) is 0 Å². The number of hydrogen-bond acceptors (Lipinski definition) is 3. The smallest absolute Gasteiger partial charge is 0.282 e. The lowest BCUT2D eigenvalue weighted by atomic mass is 10.0. The van der Waals surface area contributed by atoms with Crippen LogP contribution in [0.1, 0.15) is 18.1 Å². The molecule has 4 rings (SSSR count). The van der Waals surface area contributed by atoms with Gasteiger partial charge < -0.3 is 4.90 Å². The van der Waals surface area contributed by atoms with Gasteiger partial charge in [0.1, 0.15) is 5.70 Å². The average molecular weight is 451 g/mol. The highest BCUT2D eigenvalue weighted by molar-refractivity contribution is 6.46. The maximum absolute atomic E-state index is 13.7. The number of halogens is 2. The minimum absolute atomic E-state index is 0.331. The number of benzene rings is 3. The Morgan fingerprint density at radius 3 is 2.16 bits per heavy atom. The first kappa shape index (κ1) is 21.2. The number of aryl methyl sites for hydroxylation is 1. The molecule has 0 unspecified atom stereocenters. The van der Waals surface area contributed by atoms with Crippen molar-refractivity contribution in [3.63, 3.8) is 0 Å². The van der Waals surface area contributed by atoms with Crippen LogP contribution in [0, 0.1) is 6.92 Å². The maximum atomic E-state index is 13.7. The standard InChI is InChI=1S/C25H20Cl2N2O2/c1-3-28(19-7-5-4-6-8-19)23-22(17-10-12-18(26)13-11-17)24(30)29(25(23)31)20-14-9-16(2)21(27)15-20/h4-15H,3H2,1-2H3. The maximum Gasteiger partial charge on any atom is 0.282 e. The van der Waals surface area contributed by atoms with Gasteiger partial charge in [0.25, 0.3) is 11.8 Å². The van der Waals surface area contributed by atoms with E-state index in [1.165, 1.54) is 4.90 Å². The summed E-state index contributed by atoms with van der Waals surface area (Å²) >= 11 is 12.4. The molecule has 0 N–H and O–H groups in total. The van der Waals surface area contributed by atoms with Crippen LogP contribution in [-0.4, -0.2) is 18.4 Å². The normalized spacial score (nSPS) is 13.9. The van der Waals surface area contributed by atoms with E-state index < -0.39 is 5.91 Å². The zero-order valence-electron chi connectivity index (χ0n) is 17.1. The topological polar surface area (TPSA) is 40.6 Å². The van der Waals surface area contributed by atoms with E-state index in [4.69, 9.17) is 23.2 Å². The summed E-state index contributed by atoms with van der Waals surface area (Å²) in [4.78, 5) is 30.3. The fraction of sp³-hybridized carbons (Fsp3) is 0.120. The van der Waals surface area contributed by atoms with E-state index in [1.807, 2.05) is 49.1 Å². The second kappa shape index (κ2) is 8.58. The Hall–Kier alpha value is -3.08. The highest BCUT2D eigenvalue weighted by Crippen LogP contribution is 2.37. The van der Waals surface area contributed by atoms with Crippen LogP contribution in [0.5, 0.6) is 0 Å². The van der Waals surface area contributed by atoms with Crippen LogP contribution in [0.15, 0.2) is 78.5 Å². The summed E-state index contributed by atoms with van der Waals surface area (Å²) in [6.45, 7) is 4.33. The highest BCUT2D eigenvalue weighted by atomic mass is 35.5. The summed E-state index contributed by atoms with van der Waals surface area (Å²) < 4.78 is 0. The number of likely N-dealkylation sites (N-methyl/N-ethyl adjacent to an activating group) is 1. The van der Waals surface area contributed by atoms with Gasteiger partial charge in [-0.15, -0.1) is 0 Å². The van der Waals surface area contributed by atoms with Gasteiger partial charge in [-0.2, -0.15) is 0 Å². The van der Waals surface area contributed by atoms with E-state index >= 15 is 0 Å². The molecule has 0 aromatic heterocycles. The van der Waals surface area contributed by atoms with Crippen molar-refractivity contribution < 1.29 is 9.59 Å². The molecular formula is C25H20Cl2N2O2. The molecule has 156 valence electrons. The van der Waals surface area contributed by atoms with Crippen LogP contribution in [-0.2, 0) is 9.59 Å². The summed E-state index contributed by atoms with van der Waals surface area (Å²) in [6, 6.07) is 21.7. The highest BCUT2D eigenvalue weighted by Gasteiger charge is 2.42. The lowest BCUT2D eigenvalue weighted by Crippen LogP contribution is -2.35. The van der Waals surface area contributed by atoms with Gasteiger partial charge >= 0.3 is 0 Å². The van der Waals surface area contributed by atoms with Crippen molar-refractivity contribution in [1.29, 1.82) is 0 Å². The molecule has 6 heteroatoms. The molecule has 1 heterocycles. The molecule has 2 amide bonds. The molecule has 0 atom stereocenters. The number of anilines is 2. The molecule has 3 aromatic carbocycles. The predicted octanol–water partition coefficient (Wildman–Crippen LogP) is 6.11. The fourth-order valence-electron chi connectivity index (χ4n) is 3.68. The monoisotopic (exact) mass is 450 g/mol. The lowest BCUT2D eigenvalue weighted by molar-refractivity contribution is -0.120. The van der Waals surface area contributed by atoms with Crippen molar-refractivity contribution in [3.05, 3.63) is 99.7 Å².